The Hall–Kier alpha value is -5.04. The van der Waals surface area contributed by atoms with Crippen molar-refractivity contribution in [3.8, 4) is 5.75 Å². The van der Waals surface area contributed by atoms with Crippen molar-refractivity contribution in [1.82, 2.24) is 20.1 Å². The Morgan fingerprint density at radius 2 is 1.72 bits per heavy atom. The van der Waals surface area contributed by atoms with E-state index in [0.717, 1.165) is 101 Å². The maximum Gasteiger partial charge on any atom is 0.316 e. The van der Waals surface area contributed by atoms with Crippen LogP contribution in [0.3, 0.4) is 0 Å². The van der Waals surface area contributed by atoms with E-state index in [1.807, 2.05) is 31.3 Å². The number of rotatable bonds is 18. The van der Waals surface area contributed by atoms with Gasteiger partial charge < -0.3 is 35.5 Å². The van der Waals surface area contributed by atoms with Crippen LogP contribution in [0.2, 0.25) is 0 Å². The molecule has 4 aliphatic rings. The SMILES string of the molecule is CN(CCCCC(=O)Nc1ccc(CNC[C@@H](O)c2ccc(O)c3[nH]c(=O)ccc23)cc1)C(=O)CCCc1cccc(C2(C(=O)O[C@H]3CN4CCC3CC4)CCCCC2)c1. The molecule has 2 amide bonds. The predicted octanol–water partition coefficient (Wildman–Crippen LogP) is 6.49. The van der Waals surface area contributed by atoms with E-state index in [0.29, 0.717) is 60.4 Å². The number of phenols is 1. The van der Waals surface area contributed by atoms with Crippen molar-refractivity contribution in [3.05, 3.63) is 105 Å². The van der Waals surface area contributed by atoms with Crippen LogP contribution in [0.15, 0.2) is 77.6 Å². The number of ether oxygens (including phenoxy) is 1. The van der Waals surface area contributed by atoms with Gasteiger partial charge in [0.2, 0.25) is 17.4 Å². The molecule has 60 heavy (non-hydrogen) atoms. The Labute approximate surface area is 352 Å². The van der Waals surface area contributed by atoms with Crippen LogP contribution in [0.25, 0.3) is 10.9 Å². The fourth-order valence-corrected chi connectivity index (χ4v) is 9.42. The Bertz CT molecular complexity index is 2160. The molecule has 0 spiro atoms. The van der Waals surface area contributed by atoms with Gasteiger partial charge in [0, 0.05) is 63.2 Å². The van der Waals surface area contributed by atoms with Gasteiger partial charge in [-0.3, -0.25) is 24.1 Å². The number of phenolic OH excluding ortho intramolecular Hbond substituents is 1. The summed E-state index contributed by atoms with van der Waals surface area (Å²) in [6.45, 7) is 4.45. The molecule has 4 fully saturated rings. The number of unbranched alkanes of at least 4 members (excludes halogenated alkanes) is 1. The number of anilines is 1. The summed E-state index contributed by atoms with van der Waals surface area (Å²) in [7, 11) is 1.83. The van der Waals surface area contributed by atoms with Gasteiger partial charge >= 0.3 is 5.97 Å². The second kappa shape index (κ2) is 20.0. The monoisotopic (exact) mass is 819 g/mol. The van der Waals surface area contributed by atoms with E-state index in [1.165, 1.54) is 12.1 Å². The first-order chi connectivity index (χ1) is 29.1. The number of esters is 1. The highest BCUT2D eigenvalue weighted by atomic mass is 16.5. The summed E-state index contributed by atoms with van der Waals surface area (Å²) in [6, 6.07) is 22.0. The van der Waals surface area contributed by atoms with E-state index >= 15 is 0 Å². The van der Waals surface area contributed by atoms with E-state index in [9.17, 15) is 29.4 Å². The van der Waals surface area contributed by atoms with Crippen LogP contribution in [-0.2, 0) is 37.5 Å². The molecule has 4 heterocycles. The first-order valence-corrected chi connectivity index (χ1v) is 22.0. The number of piperidine rings is 3. The molecular weight excluding hydrogens is 759 g/mol. The highest BCUT2D eigenvalue weighted by Crippen LogP contribution is 2.42. The van der Waals surface area contributed by atoms with Crippen LogP contribution in [0.5, 0.6) is 5.75 Å². The minimum absolute atomic E-state index is 0.00855. The Kier molecular flexibility index (Phi) is 14.4. The molecule has 5 N–H and O–H groups in total. The zero-order valence-corrected chi connectivity index (χ0v) is 34.9. The van der Waals surface area contributed by atoms with E-state index in [4.69, 9.17) is 4.74 Å². The number of carbonyl (C=O) groups is 3. The van der Waals surface area contributed by atoms with Crippen molar-refractivity contribution in [2.75, 3.05) is 45.1 Å². The van der Waals surface area contributed by atoms with Crippen LogP contribution in [0, 0.1) is 5.92 Å². The number of nitrogens with zero attached hydrogens (tertiary/aromatic N) is 2. The molecular formula is C48H61N5O7. The van der Waals surface area contributed by atoms with Crippen molar-refractivity contribution < 1.29 is 29.3 Å². The number of aromatic hydroxyl groups is 1. The van der Waals surface area contributed by atoms with E-state index in [-0.39, 0.29) is 41.7 Å². The highest BCUT2D eigenvalue weighted by molar-refractivity contribution is 5.90. The lowest BCUT2D eigenvalue weighted by Gasteiger charge is -2.45. The smallest absolute Gasteiger partial charge is 0.316 e. The van der Waals surface area contributed by atoms with Crippen molar-refractivity contribution in [3.63, 3.8) is 0 Å². The summed E-state index contributed by atoms with van der Waals surface area (Å²) >= 11 is 0. The lowest BCUT2D eigenvalue weighted by molar-refractivity contribution is -0.167. The first kappa shape index (κ1) is 43.1. The summed E-state index contributed by atoms with van der Waals surface area (Å²) in [6.07, 6.45) is 9.94. The molecule has 1 saturated carbocycles. The molecule has 2 atom stereocenters. The zero-order chi connectivity index (χ0) is 42.1. The second-order valence-corrected chi connectivity index (χ2v) is 17.2. The molecule has 3 aliphatic heterocycles. The third kappa shape index (κ3) is 10.6. The highest BCUT2D eigenvalue weighted by Gasteiger charge is 2.46. The summed E-state index contributed by atoms with van der Waals surface area (Å²) in [4.78, 5) is 58.2. The van der Waals surface area contributed by atoms with Gasteiger partial charge in [-0.25, -0.2) is 0 Å². The Morgan fingerprint density at radius 3 is 2.47 bits per heavy atom. The van der Waals surface area contributed by atoms with Gasteiger partial charge in [-0.05, 0) is 117 Å². The number of benzene rings is 3. The van der Waals surface area contributed by atoms with Crippen molar-refractivity contribution in [1.29, 1.82) is 0 Å². The topological polar surface area (TPSA) is 164 Å². The number of pyridine rings is 1. The lowest BCUT2D eigenvalue weighted by atomic mass is 9.69. The second-order valence-electron chi connectivity index (χ2n) is 17.2. The van der Waals surface area contributed by atoms with E-state index < -0.39 is 11.5 Å². The summed E-state index contributed by atoms with van der Waals surface area (Å²) in [5.74, 6) is 0.412. The molecule has 1 aromatic heterocycles. The van der Waals surface area contributed by atoms with E-state index in [1.54, 1.807) is 17.0 Å². The van der Waals surface area contributed by atoms with Crippen LogP contribution in [0.4, 0.5) is 5.69 Å². The van der Waals surface area contributed by atoms with Crippen molar-refractivity contribution >= 4 is 34.4 Å². The number of hydrogen-bond donors (Lipinski definition) is 5. The normalized spacial score (nSPS) is 20.1. The van der Waals surface area contributed by atoms with Crippen molar-refractivity contribution in [2.24, 2.45) is 5.92 Å². The maximum absolute atomic E-state index is 14.0. The Morgan fingerprint density at radius 1 is 0.933 bits per heavy atom. The van der Waals surface area contributed by atoms with Gasteiger partial charge in [-0.1, -0.05) is 61.7 Å². The number of amides is 2. The molecule has 320 valence electrons. The number of aliphatic hydroxyl groups excluding tert-OH is 1. The van der Waals surface area contributed by atoms with Gasteiger partial charge in [-0.15, -0.1) is 0 Å². The maximum atomic E-state index is 14.0. The number of H-pyrrole nitrogens is 1. The number of hydrogen-bond acceptors (Lipinski definition) is 9. The number of aryl methyl sites for hydroxylation is 1. The number of aromatic amines is 1. The number of fused-ring (bicyclic) bond motifs is 4. The first-order valence-electron chi connectivity index (χ1n) is 22.0. The van der Waals surface area contributed by atoms with Crippen LogP contribution in [-0.4, -0.2) is 88.7 Å². The minimum atomic E-state index is -0.858. The molecule has 2 bridgehead atoms. The molecule has 8 rings (SSSR count). The zero-order valence-electron chi connectivity index (χ0n) is 34.9. The summed E-state index contributed by atoms with van der Waals surface area (Å²) < 4.78 is 6.35. The number of aromatic nitrogens is 1. The van der Waals surface area contributed by atoms with Crippen LogP contribution < -0.4 is 16.2 Å². The van der Waals surface area contributed by atoms with Crippen LogP contribution >= 0.6 is 0 Å². The van der Waals surface area contributed by atoms with Gasteiger partial charge in [0.25, 0.3) is 0 Å². The summed E-state index contributed by atoms with van der Waals surface area (Å²) in [5.41, 5.74) is 3.88. The van der Waals surface area contributed by atoms with Gasteiger partial charge in [0.05, 0.1) is 17.0 Å². The lowest BCUT2D eigenvalue weighted by Crippen LogP contribution is -2.53. The molecule has 3 saturated heterocycles. The number of aliphatic hydroxyl groups is 1. The molecule has 1 aliphatic carbocycles. The third-order valence-electron chi connectivity index (χ3n) is 13.0. The van der Waals surface area contributed by atoms with Gasteiger partial charge in [0.15, 0.2) is 0 Å². The fraction of sp³-hybridized carbons (Fsp3) is 0.500. The van der Waals surface area contributed by atoms with Gasteiger partial charge in [0.1, 0.15) is 11.9 Å². The molecule has 0 radical (unpaired) electrons. The molecule has 3 aromatic carbocycles. The molecule has 12 nitrogen and oxygen atoms in total. The standard InChI is InChI=1S/C48H61N5O7/c1-52(45(58)13-8-10-33-9-7-11-36(29-33)48(24-4-2-5-25-48)47(59)60-42-32-53-27-22-35(42)23-28-53)26-6-3-12-43(56)50-37-16-14-34(15-17-37)30-49-31-41(55)38-18-20-40(54)46-39(38)19-21-44(57)51-46/h7,9,11,14-21,29,35,41-42,49,54-55H,2-6,8,10,12-13,22-28,30-32H2,1H3,(H,50,56)(H,51,57)/t41-,42+/m1/s1. The third-order valence-corrected chi connectivity index (χ3v) is 13.0. The van der Waals surface area contributed by atoms with E-state index in [2.05, 4.69) is 44.8 Å². The largest absolute Gasteiger partial charge is 0.506 e. The van der Waals surface area contributed by atoms with Crippen molar-refractivity contribution in [2.45, 2.75) is 108 Å². The predicted molar refractivity (Wildman–Crippen MR) is 233 cm³/mol. The Balaban J connectivity index is 0.788. The average molecular weight is 820 g/mol. The molecule has 4 aromatic rings. The number of nitrogens with one attached hydrogen (secondary N) is 3. The van der Waals surface area contributed by atoms with Gasteiger partial charge in [-0.2, -0.15) is 0 Å². The average Bonchev–Trinajstić information content (AvgIpc) is 3.26. The minimum Gasteiger partial charge on any atom is -0.506 e. The molecule has 0 unspecified atom stereocenters. The summed E-state index contributed by atoms with van der Waals surface area (Å²) in [5, 5.41) is 27.7. The number of carbonyl (C=O) groups excluding carboxylic acids is 3. The molecule has 12 heteroatoms. The van der Waals surface area contributed by atoms with Crippen LogP contribution in [0.1, 0.15) is 105 Å². The quantitative estimate of drug-likeness (QED) is 0.0558. The fourth-order valence-electron chi connectivity index (χ4n) is 9.42.